The minimum atomic E-state index is -0.446. The molecule has 0 bridgehead atoms. The van der Waals surface area contributed by atoms with E-state index in [0.717, 1.165) is 0 Å². The smallest absolute Gasteiger partial charge is 0.0720 e. The predicted molar refractivity (Wildman–Crippen MR) is 162 cm³/mol. The first kappa shape index (κ1) is 22.3. The van der Waals surface area contributed by atoms with Crippen molar-refractivity contribution >= 4 is 5.57 Å². The molecule has 0 unspecified atom stereocenters. The van der Waals surface area contributed by atoms with E-state index in [2.05, 4.69) is 153 Å². The third-order valence-corrected chi connectivity index (χ3v) is 9.28. The summed E-state index contributed by atoms with van der Waals surface area (Å²) in [5.74, 6) is 0. The second kappa shape index (κ2) is 7.91. The number of rotatable bonds is 2. The Kier molecular flexibility index (Phi) is 4.53. The number of allylic oxidation sites excluding steroid dienone is 5. The van der Waals surface area contributed by atoms with Gasteiger partial charge in [-0.1, -0.05) is 146 Å². The van der Waals surface area contributed by atoms with Crippen molar-refractivity contribution in [1.82, 2.24) is 0 Å². The zero-order chi connectivity index (χ0) is 26.2. The molecule has 39 heavy (non-hydrogen) atoms. The van der Waals surface area contributed by atoms with Gasteiger partial charge in [0.15, 0.2) is 0 Å². The van der Waals surface area contributed by atoms with Crippen molar-refractivity contribution in [3.63, 3.8) is 0 Å². The van der Waals surface area contributed by atoms with Crippen LogP contribution in [0.4, 0.5) is 0 Å². The molecule has 0 radical (unpaired) electrons. The van der Waals surface area contributed by atoms with Gasteiger partial charge in [0.1, 0.15) is 0 Å². The fourth-order valence-electron chi connectivity index (χ4n) is 8.11. The van der Waals surface area contributed by atoms with Crippen LogP contribution in [-0.4, -0.2) is 0 Å². The van der Waals surface area contributed by atoms with Crippen LogP contribution >= 0.6 is 0 Å². The molecule has 0 nitrogen and oxygen atoms in total. The van der Waals surface area contributed by atoms with Crippen molar-refractivity contribution in [3.05, 3.63) is 196 Å². The third kappa shape index (κ3) is 2.46. The minimum Gasteiger partial charge on any atom is -0.0987 e. The average molecular weight is 497 g/mol. The topological polar surface area (TPSA) is 0 Å². The summed E-state index contributed by atoms with van der Waals surface area (Å²) in [4.78, 5) is 0. The Balaban J connectivity index is 1.62. The summed E-state index contributed by atoms with van der Waals surface area (Å²) in [6.07, 6.45) is 6.53. The average Bonchev–Trinajstić information content (AvgIpc) is 3.45. The molecular weight excluding hydrogens is 468 g/mol. The lowest BCUT2D eigenvalue weighted by molar-refractivity contribution is 0.630. The highest BCUT2D eigenvalue weighted by Crippen LogP contribution is 2.66. The van der Waals surface area contributed by atoms with Crippen molar-refractivity contribution in [1.29, 1.82) is 0 Å². The van der Waals surface area contributed by atoms with Crippen molar-refractivity contribution in [2.24, 2.45) is 0 Å². The summed E-state index contributed by atoms with van der Waals surface area (Å²) in [6, 6.07) is 45.3. The molecule has 184 valence electrons. The monoisotopic (exact) mass is 496 g/mol. The SMILES string of the molecule is C=CC1=C(/C=C\C)c2ccccc2C12c1ccccc1C1(c3ccccc3-c3ccccc31)c1ccccc12. The van der Waals surface area contributed by atoms with Gasteiger partial charge in [-0.3, -0.25) is 0 Å². The van der Waals surface area contributed by atoms with Crippen LogP contribution in [0.5, 0.6) is 0 Å². The van der Waals surface area contributed by atoms with Crippen molar-refractivity contribution in [2.45, 2.75) is 17.8 Å². The lowest BCUT2D eigenvalue weighted by Crippen LogP contribution is -2.44. The van der Waals surface area contributed by atoms with Crippen LogP contribution in [0.1, 0.15) is 51.4 Å². The van der Waals surface area contributed by atoms with E-state index in [1.165, 1.54) is 66.8 Å². The highest BCUT2D eigenvalue weighted by atomic mass is 14.6. The second-order valence-corrected chi connectivity index (χ2v) is 10.8. The summed E-state index contributed by atoms with van der Waals surface area (Å²) >= 11 is 0. The molecule has 3 aliphatic carbocycles. The van der Waals surface area contributed by atoms with E-state index in [9.17, 15) is 0 Å². The highest BCUT2D eigenvalue weighted by Gasteiger charge is 2.58. The summed E-state index contributed by atoms with van der Waals surface area (Å²) in [5, 5.41) is 0. The summed E-state index contributed by atoms with van der Waals surface area (Å²) < 4.78 is 0. The fraction of sp³-hybridized carbons (Fsp3) is 0.0769. The largest absolute Gasteiger partial charge is 0.0987 e. The lowest BCUT2D eigenvalue weighted by Gasteiger charge is -2.49. The van der Waals surface area contributed by atoms with Gasteiger partial charge in [-0.25, -0.2) is 0 Å². The van der Waals surface area contributed by atoms with E-state index >= 15 is 0 Å². The molecular formula is C39H28. The molecule has 5 aromatic rings. The van der Waals surface area contributed by atoms with Crippen LogP contribution in [0, 0.1) is 0 Å². The molecule has 0 N–H and O–H groups in total. The van der Waals surface area contributed by atoms with Crippen molar-refractivity contribution < 1.29 is 0 Å². The van der Waals surface area contributed by atoms with Crippen LogP contribution in [0.3, 0.4) is 0 Å². The van der Waals surface area contributed by atoms with Gasteiger partial charge in [0.25, 0.3) is 0 Å². The quantitative estimate of drug-likeness (QED) is 0.224. The number of fused-ring (bicyclic) bond motifs is 13. The maximum absolute atomic E-state index is 4.42. The maximum Gasteiger partial charge on any atom is 0.0720 e. The van der Waals surface area contributed by atoms with Crippen LogP contribution in [0.15, 0.2) is 152 Å². The van der Waals surface area contributed by atoms with Crippen LogP contribution in [-0.2, 0) is 10.8 Å². The molecule has 5 aromatic carbocycles. The minimum absolute atomic E-state index is 0.393. The van der Waals surface area contributed by atoms with Crippen LogP contribution in [0.25, 0.3) is 16.7 Å². The molecule has 0 heteroatoms. The van der Waals surface area contributed by atoms with E-state index in [1.807, 2.05) is 0 Å². The van der Waals surface area contributed by atoms with Gasteiger partial charge in [0.2, 0.25) is 0 Å². The lowest BCUT2D eigenvalue weighted by atomic mass is 9.52. The molecule has 3 aliphatic rings. The molecule has 2 spiro atoms. The first-order valence-electron chi connectivity index (χ1n) is 13.8. The van der Waals surface area contributed by atoms with Gasteiger partial charge in [0, 0.05) is 0 Å². The van der Waals surface area contributed by atoms with E-state index in [1.54, 1.807) is 0 Å². The van der Waals surface area contributed by atoms with Crippen molar-refractivity contribution in [2.75, 3.05) is 0 Å². The van der Waals surface area contributed by atoms with E-state index in [-0.39, 0.29) is 0 Å². The molecule has 0 fully saturated rings. The normalized spacial score (nSPS) is 16.6. The second-order valence-electron chi connectivity index (χ2n) is 10.8. The molecule has 0 aromatic heterocycles. The predicted octanol–water partition coefficient (Wildman–Crippen LogP) is 9.23. The van der Waals surface area contributed by atoms with Crippen LogP contribution < -0.4 is 0 Å². The maximum atomic E-state index is 4.42. The molecule has 0 amide bonds. The molecule has 0 saturated carbocycles. The highest BCUT2D eigenvalue weighted by molar-refractivity contribution is 5.96. The number of hydrogen-bond donors (Lipinski definition) is 0. The summed E-state index contributed by atoms with van der Waals surface area (Å²) in [7, 11) is 0. The van der Waals surface area contributed by atoms with Crippen LogP contribution in [0.2, 0.25) is 0 Å². The Hall–Kier alpha value is -4.68. The van der Waals surface area contributed by atoms with E-state index < -0.39 is 10.8 Å². The zero-order valence-electron chi connectivity index (χ0n) is 22.0. The molecule has 0 saturated heterocycles. The first-order valence-corrected chi connectivity index (χ1v) is 13.8. The Morgan fingerprint density at radius 2 is 0.821 bits per heavy atom. The number of hydrogen-bond acceptors (Lipinski definition) is 0. The van der Waals surface area contributed by atoms with E-state index in [4.69, 9.17) is 0 Å². The van der Waals surface area contributed by atoms with Crippen molar-refractivity contribution in [3.8, 4) is 11.1 Å². The third-order valence-electron chi connectivity index (χ3n) is 9.28. The van der Waals surface area contributed by atoms with Gasteiger partial charge in [-0.15, -0.1) is 0 Å². The Morgan fingerprint density at radius 3 is 1.26 bits per heavy atom. The molecule has 8 rings (SSSR count). The standard InChI is InChI=1S/C39H28/c1-3-15-26-27-16-5-8-19-31(27)38(30(26)4-2)34-22-11-13-24-36(34)39(37-25-14-12-23-35(37)38)32-20-9-6-17-28(32)29-18-7-10-21-33(29)39/h3-25H,2H2,1H3/b15-3-. The number of benzene rings is 5. The van der Waals surface area contributed by atoms with Gasteiger partial charge in [-0.2, -0.15) is 0 Å². The van der Waals surface area contributed by atoms with E-state index in [0.29, 0.717) is 0 Å². The van der Waals surface area contributed by atoms with Gasteiger partial charge < -0.3 is 0 Å². The first-order chi connectivity index (χ1) is 19.3. The van der Waals surface area contributed by atoms with Gasteiger partial charge in [-0.05, 0) is 73.7 Å². The molecule has 0 aliphatic heterocycles. The summed E-state index contributed by atoms with van der Waals surface area (Å²) in [5.41, 5.74) is 15.1. The zero-order valence-corrected chi connectivity index (χ0v) is 22.0. The Bertz CT molecular complexity index is 1800. The fourth-order valence-corrected chi connectivity index (χ4v) is 8.11. The molecule has 0 atom stereocenters. The van der Waals surface area contributed by atoms with Gasteiger partial charge >= 0.3 is 0 Å². The molecule has 0 heterocycles. The van der Waals surface area contributed by atoms with Gasteiger partial charge in [0.05, 0.1) is 10.8 Å². The Labute approximate surface area is 230 Å². The summed E-state index contributed by atoms with van der Waals surface area (Å²) in [6.45, 7) is 6.53. The Morgan fingerprint density at radius 1 is 0.462 bits per heavy atom.